The molecule has 0 amide bonds. The maximum Gasteiger partial charge on any atom is 0.257 e. The number of fused-ring (bicyclic) bond motifs is 3. The molecule has 0 aliphatic carbocycles. The van der Waals surface area contributed by atoms with E-state index < -0.39 is 0 Å². The molecule has 0 atom stereocenters. The van der Waals surface area contributed by atoms with Crippen LogP contribution in [0.4, 0.5) is 0 Å². The summed E-state index contributed by atoms with van der Waals surface area (Å²) in [5, 5.41) is 1.05. The molecular formula is C20H19NO2. The Hall–Kier alpha value is -2.55. The van der Waals surface area contributed by atoms with Gasteiger partial charge in [0.25, 0.3) is 5.56 Å². The van der Waals surface area contributed by atoms with Crippen LogP contribution in [-0.2, 0) is 19.4 Å². The van der Waals surface area contributed by atoms with E-state index in [4.69, 9.17) is 4.74 Å². The molecule has 23 heavy (non-hydrogen) atoms. The molecule has 4 rings (SSSR count). The van der Waals surface area contributed by atoms with E-state index in [9.17, 15) is 4.79 Å². The third-order valence-corrected chi connectivity index (χ3v) is 4.50. The summed E-state index contributed by atoms with van der Waals surface area (Å²) < 4.78 is 7.73. The van der Waals surface area contributed by atoms with Crippen molar-refractivity contribution in [2.75, 3.05) is 6.61 Å². The Morgan fingerprint density at radius 3 is 2.65 bits per heavy atom. The quantitative estimate of drug-likeness (QED) is 0.741. The van der Waals surface area contributed by atoms with Crippen LogP contribution in [0.5, 0.6) is 5.75 Å². The first-order valence-electron chi connectivity index (χ1n) is 8.16. The van der Waals surface area contributed by atoms with E-state index in [-0.39, 0.29) is 5.56 Å². The maximum atomic E-state index is 12.9. The van der Waals surface area contributed by atoms with E-state index in [1.165, 1.54) is 5.56 Å². The summed E-state index contributed by atoms with van der Waals surface area (Å²) in [7, 11) is 0. The van der Waals surface area contributed by atoms with Crippen LogP contribution in [-0.4, -0.2) is 11.2 Å². The van der Waals surface area contributed by atoms with Crippen LogP contribution in [0.15, 0.2) is 59.4 Å². The number of nitrogens with zero attached hydrogens (tertiary/aromatic N) is 1. The minimum atomic E-state index is 0.106. The Balaban J connectivity index is 1.82. The standard InChI is InChI=1S/C20H19NO2/c22-20-17-10-6-14-23-19(17)16-9-4-5-11-18(16)21(20)13-12-15-7-2-1-3-8-15/h1-5,7-9,11H,6,10,12-14H2. The van der Waals surface area contributed by atoms with Gasteiger partial charge in [-0.1, -0.05) is 42.5 Å². The zero-order valence-electron chi connectivity index (χ0n) is 13.0. The van der Waals surface area contributed by atoms with Gasteiger partial charge in [-0.25, -0.2) is 0 Å². The number of aromatic nitrogens is 1. The van der Waals surface area contributed by atoms with Gasteiger partial charge >= 0.3 is 0 Å². The molecular weight excluding hydrogens is 286 g/mol. The van der Waals surface area contributed by atoms with Gasteiger partial charge in [0, 0.05) is 11.9 Å². The van der Waals surface area contributed by atoms with Gasteiger partial charge in [-0.3, -0.25) is 4.79 Å². The molecule has 0 radical (unpaired) electrons. The van der Waals surface area contributed by atoms with Crippen molar-refractivity contribution in [2.45, 2.75) is 25.8 Å². The van der Waals surface area contributed by atoms with E-state index in [1.54, 1.807) is 0 Å². The molecule has 116 valence electrons. The molecule has 1 aliphatic heterocycles. The van der Waals surface area contributed by atoms with Crippen molar-refractivity contribution >= 4 is 10.9 Å². The van der Waals surface area contributed by atoms with E-state index in [1.807, 2.05) is 41.0 Å². The summed E-state index contributed by atoms with van der Waals surface area (Å²) in [6, 6.07) is 18.4. The highest BCUT2D eigenvalue weighted by Gasteiger charge is 2.20. The lowest BCUT2D eigenvalue weighted by Gasteiger charge is -2.21. The summed E-state index contributed by atoms with van der Waals surface area (Å²) in [6.07, 6.45) is 2.58. The molecule has 0 bridgehead atoms. The lowest BCUT2D eigenvalue weighted by Crippen LogP contribution is -2.28. The van der Waals surface area contributed by atoms with Gasteiger partial charge < -0.3 is 9.30 Å². The van der Waals surface area contributed by atoms with Gasteiger partial charge in [0.15, 0.2) is 0 Å². The van der Waals surface area contributed by atoms with Crippen LogP contribution < -0.4 is 10.3 Å². The monoisotopic (exact) mass is 305 g/mol. The van der Waals surface area contributed by atoms with Crippen LogP contribution >= 0.6 is 0 Å². The summed E-state index contributed by atoms with van der Waals surface area (Å²) in [4.78, 5) is 12.9. The van der Waals surface area contributed by atoms with E-state index in [0.717, 1.165) is 41.5 Å². The number of rotatable bonds is 3. The molecule has 3 aromatic rings. The average molecular weight is 305 g/mol. The lowest BCUT2D eigenvalue weighted by atomic mass is 10.0. The van der Waals surface area contributed by atoms with Gasteiger partial charge in [-0.2, -0.15) is 0 Å². The minimum Gasteiger partial charge on any atom is -0.492 e. The van der Waals surface area contributed by atoms with E-state index >= 15 is 0 Å². The number of aryl methyl sites for hydroxylation is 2. The molecule has 3 heteroatoms. The third-order valence-electron chi connectivity index (χ3n) is 4.50. The SMILES string of the molecule is O=c1c2c(c3ccccc3n1CCc1ccccc1)OCCC2. The van der Waals surface area contributed by atoms with Crippen LogP contribution in [0.1, 0.15) is 17.5 Å². The van der Waals surface area contributed by atoms with E-state index in [2.05, 4.69) is 18.2 Å². The van der Waals surface area contributed by atoms with Gasteiger partial charge in [-0.15, -0.1) is 0 Å². The van der Waals surface area contributed by atoms with Gasteiger partial charge in [0.1, 0.15) is 5.75 Å². The fraction of sp³-hybridized carbons (Fsp3) is 0.250. The molecule has 3 nitrogen and oxygen atoms in total. The molecule has 0 unspecified atom stereocenters. The Kier molecular flexibility index (Phi) is 3.62. The van der Waals surface area contributed by atoms with Crippen molar-refractivity contribution < 1.29 is 4.74 Å². The first-order chi connectivity index (χ1) is 11.3. The highest BCUT2D eigenvalue weighted by Crippen LogP contribution is 2.31. The zero-order valence-corrected chi connectivity index (χ0v) is 13.0. The van der Waals surface area contributed by atoms with Crippen molar-refractivity contribution in [3.8, 4) is 5.75 Å². The first kappa shape index (κ1) is 14.1. The molecule has 0 fully saturated rings. The normalized spacial score (nSPS) is 13.6. The third kappa shape index (κ3) is 2.52. The minimum absolute atomic E-state index is 0.106. The molecule has 2 aromatic carbocycles. The average Bonchev–Trinajstić information content (AvgIpc) is 2.63. The molecule has 1 aromatic heterocycles. The van der Waals surface area contributed by atoms with Gasteiger partial charge in [0.05, 0.1) is 17.7 Å². The predicted molar refractivity (Wildman–Crippen MR) is 92.2 cm³/mol. The molecule has 0 N–H and O–H groups in total. The second kappa shape index (κ2) is 5.92. The van der Waals surface area contributed by atoms with Crippen LogP contribution in [0.3, 0.4) is 0 Å². The maximum absolute atomic E-state index is 12.9. The molecule has 1 aliphatic rings. The van der Waals surface area contributed by atoms with Crippen LogP contribution in [0.25, 0.3) is 10.9 Å². The predicted octanol–water partition coefficient (Wildman–Crippen LogP) is 3.57. The van der Waals surface area contributed by atoms with Crippen LogP contribution in [0, 0.1) is 0 Å². The number of ether oxygens (including phenoxy) is 1. The number of hydrogen-bond donors (Lipinski definition) is 0. The van der Waals surface area contributed by atoms with Crippen molar-refractivity contribution in [2.24, 2.45) is 0 Å². The topological polar surface area (TPSA) is 31.2 Å². The summed E-state index contributed by atoms with van der Waals surface area (Å²) >= 11 is 0. The fourth-order valence-corrected chi connectivity index (χ4v) is 3.35. The summed E-state index contributed by atoms with van der Waals surface area (Å²) in [5.74, 6) is 0.799. The highest BCUT2D eigenvalue weighted by atomic mass is 16.5. The number of para-hydroxylation sites is 1. The molecule has 2 heterocycles. The Morgan fingerprint density at radius 2 is 1.78 bits per heavy atom. The van der Waals surface area contributed by atoms with Crippen molar-refractivity contribution in [3.05, 3.63) is 76.1 Å². The largest absolute Gasteiger partial charge is 0.492 e. The van der Waals surface area contributed by atoms with Crippen molar-refractivity contribution in [1.29, 1.82) is 0 Å². The van der Waals surface area contributed by atoms with Gasteiger partial charge in [-0.05, 0) is 37.0 Å². The fourth-order valence-electron chi connectivity index (χ4n) is 3.35. The first-order valence-corrected chi connectivity index (χ1v) is 8.16. The Bertz CT molecular complexity index is 897. The second-order valence-corrected chi connectivity index (χ2v) is 5.97. The summed E-state index contributed by atoms with van der Waals surface area (Å²) in [6.45, 7) is 1.39. The Morgan fingerprint density at radius 1 is 1.00 bits per heavy atom. The number of hydrogen-bond acceptors (Lipinski definition) is 2. The Labute approximate surface area is 135 Å². The number of benzene rings is 2. The van der Waals surface area contributed by atoms with Crippen molar-refractivity contribution in [1.82, 2.24) is 4.57 Å². The molecule has 0 saturated heterocycles. The number of pyridine rings is 1. The van der Waals surface area contributed by atoms with E-state index in [0.29, 0.717) is 13.2 Å². The smallest absolute Gasteiger partial charge is 0.257 e. The van der Waals surface area contributed by atoms with Gasteiger partial charge in [0.2, 0.25) is 0 Å². The molecule has 0 spiro atoms. The second-order valence-electron chi connectivity index (χ2n) is 5.97. The molecule has 0 saturated carbocycles. The van der Waals surface area contributed by atoms with Crippen LogP contribution in [0.2, 0.25) is 0 Å². The van der Waals surface area contributed by atoms with Crippen molar-refractivity contribution in [3.63, 3.8) is 0 Å². The summed E-state index contributed by atoms with van der Waals surface area (Å²) in [5.41, 5.74) is 3.16. The lowest BCUT2D eigenvalue weighted by molar-refractivity contribution is 0.290. The highest BCUT2D eigenvalue weighted by molar-refractivity contribution is 5.86. The zero-order chi connectivity index (χ0) is 15.6.